The molecular weight excluding hydrogens is 254 g/mol. The Morgan fingerprint density at radius 3 is 2.70 bits per heavy atom. The minimum atomic E-state index is -0.976. The number of benzene rings is 1. The zero-order chi connectivity index (χ0) is 13.9. The Bertz CT molecular complexity index is 750. The van der Waals surface area contributed by atoms with Gasteiger partial charge in [-0.05, 0) is 18.1 Å². The zero-order valence-electron chi connectivity index (χ0n) is 10.7. The van der Waals surface area contributed by atoms with Crippen LogP contribution in [0.5, 0.6) is 0 Å². The topological polar surface area (TPSA) is 78.9 Å². The number of aromatic carboxylic acids is 1. The van der Waals surface area contributed by atoms with Gasteiger partial charge in [-0.3, -0.25) is 0 Å². The molecule has 0 spiro atoms. The molecule has 5 nitrogen and oxygen atoms in total. The molecule has 0 atom stereocenters. The van der Waals surface area contributed by atoms with Gasteiger partial charge in [-0.15, -0.1) is 0 Å². The average Bonchev–Trinajstić information content (AvgIpc) is 2.88. The number of hydrogen-bond acceptors (Lipinski definition) is 3. The third-order valence-corrected chi connectivity index (χ3v) is 3.16. The van der Waals surface area contributed by atoms with Crippen LogP contribution in [-0.4, -0.2) is 26.0 Å². The van der Waals surface area contributed by atoms with Crippen LogP contribution in [0.1, 0.15) is 21.7 Å². The van der Waals surface area contributed by atoms with Crippen molar-refractivity contribution in [1.82, 2.24) is 15.0 Å². The SMILES string of the molecule is O=C(O)c1ccnc2nc(CCc3ccccc3)[nH]c12. The largest absolute Gasteiger partial charge is 0.478 e. The number of carboxylic acids is 1. The van der Waals surface area contributed by atoms with E-state index in [4.69, 9.17) is 5.11 Å². The monoisotopic (exact) mass is 267 g/mol. The molecule has 0 amide bonds. The quantitative estimate of drug-likeness (QED) is 0.761. The third kappa shape index (κ3) is 2.38. The second-order valence-corrected chi connectivity index (χ2v) is 4.53. The van der Waals surface area contributed by atoms with E-state index in [0.717, 1.165) is 18.7 Å². The number of aryl methyl sites for hydroxylation is 2. The molecule has 20 heavy (non-hydrogen) atoms. The number of pyridine rings is 1. The minimum Gasteiger partial charge on any atom is -0.478 e. The van der Waals surface area contributed by atoms with Crippen molar-refractivity contribution in [2.45, 2.75) is 12.8 Å². The second kappa shape index (κ2) is 5.13. The summed E-state index contributed by atoms with van der Waals surface area (Å²) in [5, 5.41) is 9.12. The molecule has 1 aromatic carbocycles. The lowest BCUT2D eigenvalue weighted by molar-refractivity contribution is 0.0698. The molecule has 0 saturated carbocycles. The molecule has 2 N–H and O–H groups in total. The third-order valence-electron chi connectivity index (χ3n) is 3.16. The van der Waals surface area contributed by atoms with E-state index >= 15 is 0 Å². The van der Waals surface area contributed by atoms with E-state index in [1.54, 1.807) is 0 Å². The Hall–Kier alpha value is -2.69. The number of hydrogen-bond donors (Lipinski definition) is 2. The van der Waals surface area contributed by atoms with E-state index in [1.165, 1.54) is 17.8 Å². The number of H-pyrrole nitrogens is 1. The first-order chi connectivity index (χ1) is 9.74. The predicted molar refractivity (Wildman–Crippen MR) is 74.7 cm³/mol. The number of nitrogens with zero attached hydrogens (tertiary/aromatic N) is 2. The van der Waals surface area contributed by atoms with Crippen molar-refractivity contribution in [3.63, 3.8) is 0 Å². The first-order valence-corrected chi connectivity index (χ1v) is 6.35. The van der Waals surface area contributed by atoms with Crippen LogP contribution in [0.25, 0.3) is 11.2 Å². The highest BCUT2D eigenvalue weighted by molar-refractivity contribution is 5.99. The molecule has 3 rings (SSSR count). The summed E-state index contributed by atoms with van der Waals surface area (Å²) >= 11 is 0. The van der Waals surface area contributed by atoms with Crippen LogP contribution >= 0.6 is 0 Å². The maximum Gasteiger partial charge on any atom is 0.338 e. The number of imidazole rings is 1. The van der Waals surface area contributed by atoms with E-state index in [0.29, 0.717) is 11.2 Å². The van der Waals surface area contributed by atoms with Gasteiger partial charge in [0, 0.05) is 12.6 Å². The van der Waals surface area contributed by atoms with Crippen molar-refractivity contribution in [3.05, 3.63) is 59.5 Å². The molecule has 0 aliphatic rings. The normalized spacial score (nSPS) is 10.8. The van der Waals surface area contributed by atoms with Gasteiger partial charge in [0.2, 0.25) is 0 Å². The van der Waals surface area contributed by atoms with Crippen LogP contribution in [0.15, 0.2) is 42.6 Å². The number of carboxylic acid groups (broad SMARTS) is 1. The highest BCUT2D eigenvalue weighted by atomic mass is 16.4. The van der Waals surface area contributed by atoms with Gasteiger partial charge in [-0.1, -0.05) is 30.3 Å². The van der Waals surface area contributed by atoms with Gasteiger partial charge >= 0.3 is 5.97 Å². The predicted octanol–water partition coefficient (Wildman–Crippen LogP) is 2.44. The Kier molecular flexibility index (Phi) is 3.16. The van der Waals surface area contributed by atoms with Crippen molar-refractivity contribution in [2.75, 3.05) is 0 Å². The zero-order valence-corrected chi connectivity index (χ0v) is 10.7. The number of aromatic amines is 1. The molecule has 0 unspecified atom stereocenters. The lowest BCUT2D eigenvalue weighted by atomic mass is 10.1. The fourth-order valence-electron chi connectivity index (χ4n) is 2.16. The van der Waals surface area contributed by atoms with Crippen molar-refractivity contribution < 1.29 is 9.90 Å². The molecule has 0 saturated heterocycles. The second-order valence-electron chi connectivity index (χ2n) is 4.53. The Morgan fingerprint density at radius 1 is 1.15 bits per heavy atom. The van der Waals surface area contributed by atoms with Crippen molar-refractivity contribution >= 4 is 17.1 Å². The molecule has 100 valence electrons. The molecule has 0 fully saturated rings. The summed E-state index contributed by atoms with van der Waals surface area (Å²) in [6.45, 7) is 0. The van der Waals surface area contributed by atoms with Gasteiger partial charge in [-0.2, -0.15) is 0 Å². The molecule has 0 aliphatic heterocycles. The number of aromatic nitrogens is 3. The fourth-order valence-corrected chi connectivity index (χ4v) is 2.16. The Morgan fingerprint density at radius 2 is 1.95 bits per heavy atom. The highest BCUT2D eigenvalue weighted by Gasteiger charge is 2.12. The van der Waals surface area contributed by atoms with E-state index < -0.39 is 5.97 Å². The van der Waals surface area contributed by atoms with E-state index in [2.05, 4.69) is 27.1 Å². The van der Waals surface area contributed by atoms with Crippen LogP contribution in [0.2, 0.25) is 0 Å². The van der Waals surface area contributed by atoms with Crippen molar-refractivity contribution in [1.29, 1.82) is 0 Å². The first kappa shape index (κ1) is 12.3. The number of nitrogens with one attached hydrogen (secondary N) is 1. The van der Waals surface area contributed by atoms with Gasteiger partial charge in [0.25, 0.3) is 0 Å². The van der Waals surface area contributed by atoms with Gasteiger partial charge in [0.05, 0.1) is 11.1 Å². The fraction of sp³-hybridized carbons (Fsp3) is 0.133. The van der Waals surface area contributed by atoms with Gasteiger partial charge in [0.1, 0.15) is 5.82 Å². The standard InChI is InChI=1S/C15H13N3O2/c19-15(20)11-8-9-16-14-13(11)17-12(18-14)7-6-10-4-2-1-3-5-10/h1-5,8-9H,6-7H2,(H,19,20)(H,16,17,18). The van der Waals surface area contributed by atoms with Crippen LogP contribution in [0.4, 0.5) is 0 Å². The van der Waals surface area contributed by atoms with Crippen LogP contribution in [-0.2, 0) is 12.8 Å². The van der Waals surface area contributed by atoms with E-state index in [1.807, 2.05) is 18.2 Å². The molecule has 2 heterocycles. The van der Waals surface area contributed by atoms with Crippen LogP contribution < -0.4 is 0 Å². The van der Waals surface area contributed by atoms with Crippen LogP contribution in [0, 0.1) is 0 Å². The molecule has 0 radical (unpaired) electrons. The minimum absolute atomic E-state index is 0.202. The van der Waals surface area contributed by atoms with Crippen molar-refractivity contribution in [2.24, 2.45) is 0 Å². The summed E-state index contributed by atoms with van der Waals surface area (Å²) < 4.78 is 0. The summed E-state index contributed by atoms with van der Waals surface area (Å²) in [5.41, 5.74) is 2.36. The van der Waals surface area contributed by atoms with Crippen molar-refractivity contribution in [3.8, 4) is 0 Å². The summed E-state index contributed by atoms with van der Waals surface area (Å²) in [5.74, 6) is -0.222. The first-order valence-electron chi connectivity index (χ1n) is 6.35. The number of carbonyl (C=O) groups is 1. The molecule has 2 aromatic heterocycles. The average molecular weight is 267 g/mol. The smallest absolute Gasteiger partial charge is 0.338 e. The van der Waals surface area contributed by atoms with Crippen LogP contribution in [0.3, 0.4) is 0 Å². The summed E-state index contributed by atoms with van der Waals surface area (Å²) in [4.78, 5) is 22.6. The van der Waals surface area contributed by atoms with E-state index in [9.17, 15) is 4.79 Å². The number of rotatable bonds is 4. The molecule has 0 aliphatic carbocycles. The maximum atomic E-state index is 11.1. The highest BCUT2D eigenvalue weighted by Crippen LogP contribution is 2.15. The van der Waals surface area contributed by atoms with Gasteiger partial charge in [-0.25, -0.2) is 14.8 Å². The maximum absolute atomic E-state index is 11.1. The molecule has 3 aromatic rings. The lowest BCUT2D eigenvalue weighted by Crippen LogP contribution is -1.98. The lowest BCUT2D eigenvalue weighted by Gasteiger charge is -1.98. The van der Waals surface area contributed by atoms with E-state index in [-0.39, 0.29) is 5.56 Å². The molecule has 5 heteroatoms. The number of fused-ring (bicyclic) bond motifs is 1. The van der Waals surface area contributed by atoms with Gasteiger partial charge < -0.3 is 10.1 Å². The summed E-state index contributed by atoms with van der Waals surface area (Å²) in [6.07, 6.45) is 3.04. The Balaban J connectivity index is 1.86. The summed E-state index contributed by atoms with van der Waals surface area (Å²) in [7, 11) is 0. The Labute approximate surface area is 115 Å². The molecule has 0 bridgehead atoms. The molecular formula is C15H13N3O2. The van der Waals surface area contributed by atoms with Gasteiger partial charge in [0.15, 0.2) is 5.65 Å². The summed E-state index contributed by atoms with van der Waals surface area (Å²) in [6, 6.07) is 11.6.